The van der Waals surface area contributed by atoms with Gasteiger partial charge in [-0.3, -0.25) is 0 Å². The summed E-state index contributed by atoms with van der Waals surface area (Å²) in [7, 11) is 0.704. The summed E-state index contributed by atoms with van der Waals surface area (Å²) in [4.78, 5) is 0. The quantitative estimate of drug-likeness (QED) is 0.142. The van der Waals surface area contributed by atoms with E-state index in [4.69, 9.17) is 9.68 Å². The molecule has 8 heteroatoms. The van der Waals surface area contributed by atoms with Crippen molar-refractivity contribution in [1.29, 1.82) is 0 Å². The summed E-state index contributed by atoms with van der Waals surface area (Å²) in [6, 6.07) is 46.1. The van der Waals surface area contributed by atoms with Crippen LogP contribution in [0.15, 0.2) is 142 Å². The molecule has 1 N–H and O–H groups in total. The van der Waals surface area contributed by atoms with Crippen LogP contribution in [0.5, 0.6) is 5.75 Å². The lowest BCUT2D eigenvalue weighted by Crippen LogP contribution is -1.98. The van der Waals surface area contributed by atoms with Crippen molar-refractivity contribution in [3.8, 4) is 16.9 Å². The molecule has 0 aliphatic rings. The van der Waals surface area contributed by atoms with Crippen LogP contribution in [0.1, 0.15) is 0 Å². The van der Waals surface area contributed by atoms with Crippen molar-refractivity contribution in [2.45, 2.75) is 0 Å². The fourth-order valence-electron chi connectivity index (χ4n) is 4.87. The third-order valence-electron chi connectivity index (χ3n) is 6.86. The van der Waals surface area contributed by atoms with Crippen molar-refractivity contribution in [1.82, 2.24) is 0 Å². The molecule has 0 atom stereocenters. The zero-order valence-electron chi connectivity index (χ0n) is 23.1. The van der Waals surface area contributed by atoms with Crippen LogP contribution < -0.4 is 4.65 Å². The van der Waals surface area contributed by atoms with Gasteiger partial charge in [0.1, 0.15) is 5.75 Å². The predicted molar refractivity (Wildman–Crippen MR) is 207 cm³/mol. The van der Waals surface area contributed by atoms with Crippen LogP contribution in [-0.4, -0.2) is 12.7 Å². The van der Waals surface area contributed by atoms with E-state index in [0.717, 1.165) is 8.95 Å². The molecule has 0 amide bonds. The summed E-state index contributed by atoms with van der Waals surface area (Å²) in [6.07, 6.45) is 0. The van der Waals surface area contributed by atoms with E-state index in [2.05, 4.69) is 145 Å². The van der Waals surface area contributed by atoms with Crippen LogP contribution in [-0.2, 0) is 0 Å². The van der Waals surface area contributed by atoms with E-state index in [9.17, 15) is 0 Å². The molecule has 0 fully saturated rings. The minimum atomic E-state index is 0.651. The lowest BCUT2D eigenvalue weighted by molar-refractivity contribution is 0.454. The molecule has 0 saturated carbocycles. The number of rotatable bonds is 3. The number of benzene rings is 6. The minimum absolute atomic E-state index is 0.651. The Bertz CT molecular complexity index is 2200. The third kappa shape index (κ3) is 7.38. The van der Waals surface area contributed by atoms with Gasteiger partial charge < -0.3 is 9.68 Å². The number of thiophene rings is 2. The second-order valence-electron chi connectivity index (χ2n) is 9.74. The second-order valence-corrected chi connectivity index (χ2v) is 15.0. The molecule has 8 aromatic rings. The predicted octanol–water partition coefficient (Wildman–Crippen LogP) is 12.5. The van der Waals surface area contributed by atoms with E-state index < -0.39 is 0 Å². The fourth-order valence-corrected chi connectivity index (χ4v) is 8.82. The molecule has 0 spiro atoms. The summed E-state index contributed by atoms with van der Waals surface area (Å²) in [5, 5.41) is 13.7. The van der Waals surface area contributed by atoms with Crippen LogP contribution in [0, 0.1) is 3.57 Å². The van der Waals surface area contributed by atoms with Crippen LogP contribution in [0.25, 0.3) is 51.5 Å². The van der Waals surface area contributed by atoms with Crippen molar-refractivity contribution in [2.75, 3.05) is 0 Å². The zero-order chi connectivity index (χ0) is 30.5. The van der Waals surface area contributed by atoms with Gasteiger partial charge in [0.25, 0.3) is 0 Å². The monoisotopic (exact) mass is 847 g/mol. The second kappa shape index (κ2) is 14.6. The lowest BCUT2D eigenvalue weighted by atomic mass is 10.0. The van der Waals surface area contributed by atoms with E-state index in [1.54, 1.807) is 11.3 Å². The smallest absolute Gasteiger partial charge is 0.537 e. The Morgan fingerprint density at radius 2 is 1.07 bits per heavy atom. The van der Waals surface area contributed by atoms with E-state index >= 15 is 0 Å². The maximum atomic E-state index is 8.61. The highest BCUT2D eigenvalue weighted by Gasteiger charge is 2.07. The van der Waals surface area contributed by atoms with Gasteiger partial charge in [-0.05, 0) is 107 Å². The standard InChI is InChI=1S/C18H11BrS.C12H8BO2S.C6H4BrI/c19-14-5-3-4-12(10-14)13-8-9-18-16(11-13)15-6-1-2-7-17(15)20-18;14-13-15-8-5-6-12-10(7-8)9-3-1-2-4-11(9)16-12;7-5-2-1-3-6(8)4-5/h1-11H;1-7,14H;1-4H. The highest BCUT2D eigenvalue weighted by atomic mass is 127. The van der Waals surface area contributed by atoms with Gasteiger partial charge in [0, 0.05) is 52.9 Å². The van der Waals surface area contributed by atoms with Crippen LogP contribution >= 0.6 is 77.1 Å². The van der Waals surface area contributed by atoms with Gasteiger partial charge in [-0.2, -0.15) is 0 Å². The Balaban J connectivity index is 0.000000128. The molecule has 0 saturated heterocycles. The van der Waals surface area contributed by atoms with E-state index in [1.165, 1.54) is 55.0 Å². The number of hydrogen-bond acceptors (Lipinski definition) is 4. The Morgan fingerprint density at radius 3 is 1.66 bits per heavy atom. The molecule has 2 aromatic heterocycles. The first kappa shape index (κ1) is 31.3. The summed E-state index contributed by atoms with van der Waals surface area (Å²) >= 11 is 12.8. The normalized spacial score (nSPS) is 10.7. The molecule has 0 aliphatic heterocycles. The molecule has 0 unspecified atom stereocenters. The largest absolute Gasteiger partial charge is 0.569 e. The summed E-state index contributed by atoms with van der Waals surface area (Å²) in [5.41, 5.74) is 2.51. The molecule has 6 aromatic carbocycles. The third-order valence-corrected chi connectivity index (χ3v) is 10.8. The molecule has 0 bridgehead atoms. The number of fused-ring (bicyclic) bond motifs is 6. The van der Waals surface area contributed by atoms with Crippen molar-refractivity contribution in [2.24, 2.45) is 0 Å². The average Bonchev–Trinajstić information content (AvgIpc) is 3.59. The first-order valence-electron chi connectivity index (χ1n) is 13.6. The molecule has 8 rings (SSSR count). The topological polar surface area (TPSA) is 29.5 Å². The Hall–Kier alpha value is -2.73. The molecule has 215 valence electrons. The average molecular weight is 849 g/mol. The van der Waals surface area contributed by atoms with Crippen LogP contribution in [0.2, 0.25) is 0 Å². The molecule has 2 heterocycles. The van der Waals surface area contributed by atoms with Gasteiger partial charge in [0.05, 0.1) is 0 Å². The first-order chi connectivity index (χ1) is 21.5. The Labute approximate surface area is 295 Å². The molecule has 44 heavy (non-hydrogen) atoms. The lowest BCUT2D eigenvalue weighted by Gasteiger charge is -2.03. The summed E-state index contributed by atoms with van der Waals surface area (Å²) in [6.45, 7) is 0. The SMILES string of the molecule is Brc1cccc(-c2ccc3sc4ccccc4c3c2)c1.Brc1cccc(I)c1.O[B]Oc1ccc2sc3ccccc3c2c1. The Kier molecular flexibility index (Phi) is 10.4. The number of hydrogen-bond donors (Lipinski definition) is 1. The zero-order valence-corrected chi connectivity index (χ0v) is 30.0. The van der Waals surface area contributed by atoms with Crippen LogP contribution in [0.3, 0.4) is 0 Å². The van der Waals surface area contributed by atoms with Gasteiger partial charge >= 0.3 is 7.69 Å². The van der Waals surface area contributed by atoms with Gasteiger partial charge in [-0.15, -0.1) is 22.7 Å². The van der Waals surface area contributed by atoms with E-state index in [0.29, 0.717) is 13.4 Å². The summed E-state index contributed by atoms with van der Waals surface area (Å²) < 4.78 is 13.7. The molecule has 2 nitrogen and oxygen atoms in total. The van der Waals surface area contributed by atoms with Gasteiger partial charge in [-0.1, -0.05) is 92.5 Å². The van der Waals surface area contributed by atoms with Gasteiger partial charge in [-0.25, -0.2) is 0 Å². The maximum Gasteiger partial charge on any atom is 0.569 e. The van der Waals surface area contributed by atoms with Crippen LogP contribution in [0.4, 0.5) is 0 Å². The van der Waals surface area contributed by atoms with Crippen molar-refractivity contribution >= 4 is 125 Å². The molecular weight excluding hydrogens is 826 g/mol. The summed E-state index contributed by atoms with van der Waals surface area (Å²) in [5.74, 6) is 0.651. The molecular formula is C36H23BBr2IO2S2. The van der Waals surface area contributed by atoms with Crippen molar-refractivity contribution < 1.29 is 9.68 Å². The number of halogens is 3. The molecule has 1 radical (unpaired) electrons. The minimum Gasteiger partial charge on any atom is -0.537 e. The fraction of sp³-hybridized carbons (Fsp3) is 0. The Morgan fingerprint density at radius 1 is 0.523 bits per heavy atom. The highest BCUT2D eigenvalue weighted by Crippen LogP contribution is 2.37. The van der Waals surface area contributed by atoms with Crippen molar-refractivity contribution in [3.63, 3.8) is 0 Å². The van der Waals surface area contributed by atoms with Gasteiger partial charge in [0.15, 0.2) is 0 Å². The van der Waals surface area contributed by atoms with E-state index in [1.807, 2.05) is 53.8 Å². The molecule has 0 aliphatic carbocycles. The van der Waals surface area contributed by atoms with E-state index in [-0.39, 0.29) is 0 Å². The first-order valence-corrected chi connectivity index (χ1v) is 17.9. The van der Waals surface area contributed by atoms with Crippen molar-refractivity contribution in [3.05, 3.63) is 146 Å². The maximum absolute atomic E-state index is 8.61. The highest BCUT2D eigenvalue weighted by molar-refractivity contribution is 14.1. The van der Waals surface area contributed by atoms with Gasteiger partial charge in [0.2, 0.25) is 0 Å².